The number of benzene rings is 1. The van der Waals surface area contributed by atoms with Gasteiger partial charge >= 0.3 is 0 Å². The number of ether oxygens (including phenoxy) is 1. The van der Waals surface area contributed by atoms with Crippen molar-refractivity contribution in [3.63, 3.8) is 0 Å². The first-order valence-corrected chi connectivity index (χ1v) is 6.05. The first kappa shape index (κ1) is 12.1. The Bertz CT molecular complexity index is 428. The standard InChI is InChI=1S/C14H18O3/c1-2-16-9-5-7-12(15)14-10-11-6-3-4-8-13(11)17-14/h3-4,6,8,10,12,15H,2,5,7,9H2,1H3. The zero-order chi connectivity index (χ0) is 12.1. The molecular formula is C14H18O3. The summed E-state index contributed by atoms with van der Waals surface area (Å²) in [6.45, 7) is 3.38. The zero-order valence-electron chi connectivity index (χ0n) is 10.1. The molecule has 0 fully saturated rings. The molecule has 2 aromatic rings. The Morgan fingerprint density at radius 3 is 2.94 bits per heavy atom. The van der Waals surface area contributed by atoms with Gasteiger partial charge in [0.1, 0.15) is 17.4 Å². The smallest absolute Gasteiger partial charge is 0.134 e. The molecule has 1 N–H and O–H groups in total. The molecule has 0 saturated carbocycles. The van der Waals surface area contributed by atoms with Crippen molar-refractivity contribution in [2.24, 2.45) is 0 Å². The van der Waals surface area contributed by atoms with E-state index in [2.05, 4.69) is 0 Å². The fourth-order valence-electron chi connectivity index (χ4n) is 1.83. The molecule has 0 amide bonds. The van der Waals surface area contributed by atoms with Crippen LogP contribution >= 0.6 is 0 Å². The minimum absolute atomic E-state index is 0.539. The van der Waals surface area contributed by atoms with Crippen molar-refractivity contribution in [1.82, 2.24) is 0 Å². The predicted molar refractivity (Wildman–Crippen MR) is 66.9 cm³/mol. The normalized spacial score (nSPS) is 13.1. The van der Waals surface area contributed by atoms with Crippen LogP contribution in [0.3, 0.4) is 0 Å². The Morgan fingerprint density at radius 1 is 1.35 bits per heavy atom. The molecule has 0 aliphatic heterocycles. The molecule has 3 heteroatoms. The van der Waals surface area contributed by atoms with E-state index >= 15 is 0 Å². The second-order valence-corrected chi connectivity index (χ2v) is 4.04. The number of aliphatic hydroxyl groups excluding tert-OH is 1. The van der Waals surface area contributed by atoms with Gasteiger partial charge in [-0.05, 0) is 31.9 Å². The summed E-state index contributed by atoms with van der Waals surface area (Å²) in [4.78, 5) is 0. The molecule has 92 valence electrons. The lowest BCUT2D eigenvalue weighted by Gasteiger charge is -2.06. The highest BCUT2D eigenvalue weighted by molar-refractivity contribution is 5.77. The summed E-state index contributed by atoms with van der Waals surface area (Å²) in [5.74, 6) is 0.641. The highest BCUT2D eigenvalue weighted by Crippen LogP contribution is 2.26. The van der Waals surface area contributed by atoms with Crippen molar-refractivity contribution in [1.29, 1.82) is 0 Å². The van der Waals surface area contributed by atoms with E-state index in [4.69, 9.17) is 9.15 Å². The Hall–Kier alpha value is -1.32. The lowest BCUT2D eigenvalue weighted by atomic mass is 10.1. The van der Waals surface area contributed by atoms with E-state index in [0.29, 0.717) is 18.8 Å². The first-order chi connectivity index (χ1) is 8.31. The fourth-order valence-corrected chi connectivity index (χ4v) is 1.83. The Kier molecular flexibility index (Phi) is 4.18. The lowest BCUT2D eigenvalue weighted by Crippen LogP contribution is -1.99. The van der Waals surface area contributed by atoms with E-state index < -0.39 is 6.10 Å². The minimum atomic E-state index is -0.539. The van der Waals surface area contributed by atoms with Crippen LogP contribution in [0.1, 0.15) is 31.6 Å². The molecule has 1 heterocycles. The third kappa shape index (κ3) is 3.08. The Morgan fingerprint density at radius 2 is 2.18 bits per heavy atom. The monoisotopic (exact) mass is 234 g/mol. The van der Waals surface area contributed by atoms with Crippen LogP contribution in [-0.2, 0) is 4.74 Å². The van der Waals surface area contributed by atoms with Gasteiger partial charge in [-0.2, -0.15) is 0 Å². The van der Waals surface area contributed by atoms with Gasteiger partial charge in [0, 0.05) is 18.6 Å². The maximum atomic E-state index is 9.97. The summed E-state index contributed by atoms with van der Waals surface area (Å²) in [6, 6.07) is 9.68. The largest absolute Gasteiger partial charge is 0.458 e. The second kappa shape index (κ2) is 5.84. The van der Waals surface area contributed by atoms with Crippen LogP contribution in [-0.4, -0.2) is 18.3 Å². The highest BCUT2D eigenvalue weighted by atomic mass is 16.5. The van der Waals surface area contributed by atoms with E-state index in [1.54, 1.807) is 0 Å². The highest BCUT2D eigenvalue weighted by Gasteiger charge is 2.12. The van der Waals surface area contributed by atoms with E-state index in [0.717, 1.165) is 24.0 Å². The SMILES string of the molecule is CCOCCCC(O)c1cc2ccccc2o1. The molecule has 1 atom stereocenters. The van der Waals surface area contributed by atoms with Gasteiger partial charge in [-0.3, -0.25) is 0 Å². The molecule has 0 spiro atoms. The molecule has 0 aliphatic rings. The molecule has 3 nitrogen and oxygen atoms in total. The molecule has 0 bridgehead atoms. The number of hydrogen-bond donors (Lipinski definition) is 1. The van der Waals surface area contributed by atoms with E-state index in [9.17, 15) is 5.11 Å². The summed E-state index contributed by atoms with van der Waals surface area (Å²) >= 11 is 0. The van der Waals surface area contributed by atoms with Crippen LogP contribution in [0.2, 0.25) is 0 Å². The van der Waals surface area contributed by atoms with Gasteiger partial charge in [0.2, 0.25) is 0 Å². The predicted octanol–water partition coefficient (Wildman–Crippen LogP) is 3.28. The van der Waals surface area contributed by atoms with Crippen molar-refractivity contribution < 1.29 is 14.3 Å². The van der Waals surface area contributed by atoms with Gasteiger partial charge in [0.15, 0.2) is 0 Å². The van der Waals surface area contributed by atoms with Gasteiger partial charge in [0.25, 0.3) is 0 Å². The Balaban J connectivity index is 1.96. The van der Waals surface area contributed by atoms with Gasteiger partial charge < -0.3 is 14.3 Å². The molecular weight excluding hydrogens is 216 g/mol. The van der Waals surface area contributed by atoms with Crippen molar-refractivity contribution in [3.8, 4) is 0 Å². The number of furan rings is 1. The van der Waals surface area contributed by atoms with Crippen LogP contribution in [0.5, 0.6) is 0 Å². The van der Waals surface area contributed by atoms with Crippen LogP contribution in [0.25, 0.3) is 11.0 Å². The quantitative estimate of drug-likeness (QED) is 0.780. The zero-order valence-corrected chi connectivity index (χ0v) is 10.1. The fraction of sp³-hybridized carbons (Fsp3) is 0.429. The van der Waals surface area contributed by atoms with Crippen LogP contribution in [0, 0.1) is 0 Å². The Labute approximate surface area is 101 Å². The first-order valence-electron chi connectivity index (χ1n) is 6.05. The van der Waals surface area contributed by atoms with Gasteiger partial charge in [-0.25, -0.2) is 0 Å². The lowest BCUT2D eigenvalue weighted by molar-refractivity contribution is 0.104. The summed E-state index contributed by atoms with van der Waals surface area (Å²) in [5.41, 5.74) is 0.825. The summed E-state index contributed by atoms with van der Waals surface area (Å²) in [6.07, 6.45) is 0.967. The maximum Gasteiger partial charge on any atom is 0.134 e. The molecule has 0 radical (unpaired) electrons. The average molecular weight is 234 g/mol. The molecule has 0 saturated heterocycles. The van der Waals surface area contributed by atoms with E-state index in [1.165, 1.54) is 0 Å². The number of fused-ring (bicyclic) bond motifs is 1. The number of rotatable bonds is 6. The topological polar surface area (TPSA) is 42.6 Å². The van der Waals surface area contributed by atoms with Gasteiger partial charge in [-0.15, -0.1) is 0 Å². The van der Waals surface area contributed by atoms with Crippen LogP contribution < -0.4 is 0 Å². The molecule has 1 unspecified atom stereocenters. The van der Waals surface area contributed by atoms with Crippen molar-refractivity contribution in [2.45, 2.75) is 25.9 Å². The maximum absolute atomic E-state index is 9.97. The van der Waals surface area contributed by atoms with Crippen molar-refractivity contribution in [3.05, 3.63) is 36.1 Å². The number of aliphatic hydroxyl groups is 1. The summed E-state index contributed by atoms with van der Waals surface area (Å²) in [5, 5.41) is 11.0. The number of para-hydroxylation sites is 1. The minimum Gasteiger partial charge on any atom is -0.458 e. The van der Waals surface area contributed by atoms with Crippen LogP contribution in [0.4, 0.5) is 0 Å². The second-order valence-electron chi connectivity index (χ2n) is 4.04. The molecule has 1 aromatic carbocycles. The van der Waals surface area contributed by atoms with Crippen molar-refractivity contribution in [2.75, 3.05) is 13.2 Å². The molecule has 1 aromatic heterocycles. The molecule has 2 rings (SSSR count). The average Bonchev–Trinajstić information content (AvgIpc) is 2.78. The number of hydrogen-bond acceptors (Lipinski definition) is 3. The van der Waals surface area contributed by atoms with E-state index in [-0.39, 0.29) is 0 Å². The summed E-state index contributed by atoms with van der Waals surface area (Å²) < 4.78 is 10.8. The van der Waals surface area contributed by atoms with Gasteiger partial charge in [0.05, 0.1) is 0 Å². The molecule has 0 aliphatic carbocycles. The molecule has 17 heavy (non-hydrogen) atoms. The third-order valence-corrected chi connectivity index (χ3v) is 2.74. The van der Waals surface area contributed by atoms with Crippen molar-refractivity contribution >= 4 is 11.0 Å². The van der Waals surface area contributed by atoms with Gasteiger partial charge in [-0.1, -0.05) is 18.2 Å². The summed E-state index contributed by atoms with van der Waals surface area (Å²) in [7, 11) is 0. The third-order valence-electron chi connectivity index (χ3n) is 2.74. The van der Waals surface area contributed by atoms with E-state index in [1.807, 2.05) is 37.3 Å². The van der Waals surface area contributed by atoms with Crippen LogP contribution in [0.15, 0.2) is 34.7 Å².